The molecule has 0 aromatic heterocycles. The highest BCUT2D eigenvalue weighted by molar-refractivity contribution is 5.89. The first kappa shape index (κ1) is 43.6. The zero-order valence-corrected chi connectivity index (χ0v) is 34.5. The number of carbonyl (C=O) groups is 2. The summed E-state index contributed by atoms with van der Waals surface area (Å²) in [6.07, 6.45) is 9.55. The third-order valence-electron chi connectivity index (χ3n) is 15.9. The van der Waals surface area contributed by atoms with E-state index in [0.717, 1.165) is 77.2 Å². The minimum absolute atomic E-state index is 0.00206. The number of piperidine rings is 2. The molecule has 10 N–H and O–H groups in total. The van der Waals surface area contributed by atoms with Crippen molar-refractivity contribution in [2.45, 2.75) is 171 Å². The molecule has 7 rings (SSSR count). The highest BCUT2D eigenvalue weighted by Gasteiger charge is 2.64. The summed E-state index contributed by atoms with van der Waals surface area (Å²) in [7, 11) is 0. The summed E-state index contributed by atoms with van der Waals surface area (Å²) in [6.45, 7) is 5.04. The molecule has 0 spiro atoms. The van der Waals surface area contributed by atoms with Crippen molar-refractivity contribution in [2.75, 3.05) is 26.3 Å². The van der Waals surface area contributed by atoms with E-state index < -0.39 is 60.0 Å². The van der Waals surface area contributed by atoms with Crippen molar-refractivity contribution >= 4 is 11.8 Å². The van der Waals surface area contributed by atoms with Gasteiger partial charge in [0.15, 0.2) is 0 Å². The summed E-state index contributed by atoms with van der Waals surface area (Å²) in [6, 6.07) is 0. The van der Waals surface area contributed by atoms with Crippen LogP contribution in [0.15, 0.2) is 11.6 Å². The second-order valence-corrected chi connectivity index (χ2v) is 19.4. The lowest BCUT2D eigenvalue weighted by Crippen LogP contribution is -2.70. The first-order valence-corrected chi connectivity index (χ1v) is 22.7. The Morgan fingerprint density at radius 3 is 2.42 bits per heavy atom. The maximum atomic E-state index is 14.2. The van der Waals surface area contributed by atoms with E-state index in [9.17, 15) is 30.0 Å². The minimum atomic E-state index is -1.12. The first-order valence-electron chi connectivity index (χ1n) is 22.7. The zero-order valence-electron chi connectivity index (χ0n) is 34.5. The van der Waals surface area contributed by atoms with Crippen LogP contribution in [0.4, 0.5) is 0 Å². The molecule has 13 nitrogen and oxygen atoms in total. The van der Waals surface area contributed by atoms with Gasteiger partial charge in [-0.25, -0.2) is 4.79 Å². The van der Waals surface area contributed by atoms with Gasteiger partial charge in [0, 0.05) is 30.4 Å². The van der Waals surface area contributed by atoms with Gasteiger partial charge in [0.1, 0.15) is 17.5 Å². The topological polar surface area (TPSA) is 219 Å². The standard InChI is InChI=1S/C44H74N4O9/c1-3-30(25-7-4-5-8-25)43(54)56-34-20-31-40(53)38-33(52)19-29(22-49)55-42(38)39(41(31)57-44(34,2)15-13-24-11-12-35(45)48-21-24)37(27-14-16-47-36(46)18-27)32(23-50)26-9-6-10-28(51)17-26/h3,24-29,31-32,34-42,47-51,53H,4-23,45-46H2,1-2H3/t24?,26?,27?,28?,29?,31?,32-,34+,35?,36?,37?,38?,39?,40?,41?,42?,44+/m1/s1. The molecule has 13 heteroatoms. The van der Waals surface area contributed by atoms with Crippen LogP contribution in [0.2, 0.25) is 0 Å². The van der Waals surface area contributed by atoms with Crippen LogP contribution in [0.3, 0.4) is 0 Å². The smallest absolute Gasteiger partial charge is 0.334 e. The lowest BCUT2D eigenvalue weighted by atomic mass is 9.53. The Kier molecular flexibility index (Phi) is 14.5. The predicted octanol–water partition coefficient (Wildman–Crippen LogP) is 2.65. The van der Waals surface area contributed by atoms with Crippen molar-refractivity contribution in [1.29, 1.82) is 0 Å². The number of ether oxygens (including phenoxy) is 3. The lowest BCUT2D eigenvalue weighted by molar-refractivity contribution is -0.296. The molecule has 7 fully saturated rings. The van der Waals surface area contributed by atoms with Gasteiger partial charge in [-0.3, -0.25) is 4.79 Å². The van der Waals surface area contributed by atoms with Crippen molar-refractivity contribution in [1.82, 2.24) is 10.6 Å². The van der Waals surface area contributed by atoms with Gasteiger partial charge in [0.25, 0.3) is 0 Å². The van der Waals surface area contributed by atoms with E-state index in [1.165, 1.54) is 0 Å². The van der Waals surface area contributed by atoms with Crippen LogP contribution in [0.5, 0.6) is 0 Å². The molecule has 14 unspecified atom stereocenters. The number of ketones is 1. The Bertz CT molecular complexity index is 1390. The van der Waals surface area contributed by atoms with Gasteiger partial charge in [-0.15, -0.1) is 0 Å². The van der Waals surface area contributed by atoms with Crippen LogP contribution < -0.4 is 22.1 Å². The fourth-order valence-electron chi connectivity index (χ4n) is 12.9. The zero-order chi connectivity index (χ0) is 40.4. The van der Waals surface area contributed by atoms with Gasteiger partial charge in [0.2, 0.25) is 0 Å². The Balaban J connectivity index is 1.29. The maximum absolute atomic E-state index is 14.2. The normalized spacial score (nSPS) is 44.5. The number of nitrogens with one attached hydrogen (secondary N) is 2. The van der Waals surface area contributed by atoms with Gasteiger partial charge in [-0.1, -0.05) is 25.3 Å². The summed E-state index contributed by atoms with van der Waals surface area (Å²) in [4.78, 5) is 28.4. The van der Waals surface area contributed by atoms with E-state index in [-0.39, 0.29) is 73.3 Å². The first-order chi connectivity index (χ1) is 27.4. The Hall–Kier alpha value is -1.52. The fourth-order valence-corrected chi connectivity index (χ4v) is 12.9. The lowest BCUT2D eigenvalue weighted by Gasteiger charge is -2.61. The summed E-state index contributed by atoms with van der Waals surface area (Å²) < 4.78 is 20.9. The van der Waals surface area contributed by atoms with Gasteiger partial charge in [0.05, 0.1) is 55.4 Å². The molecule has 3 saturated carbocycles. The third kappa shape index (κ3) is 9.38. The Labute approximate surface area is 339 Å². The molecule has 4 aliphatic heterocycles. The van der Waals surface area contributed by atoms with Crippen LogP contribution in [0.1, 0.15) is 117 Å². The predicted molar refractivity (Wildman–Crippen MR) is 214 cm³/mol. The van der Waals surface area contributed by atoms with Gasteiger partial charge in [-0.2, -0.15) is 0 Å². The SMILES string of the molecule is CC=C(C(=O)O[C@H]1CC2C(O)C3C(=O)CC(CO)OC3C(C(C3CCNC(N)C3)[C@H](CO)C3CCCC(O)C3)C2O[C@@]1(C)CCC1CCC(N)NC1)C1CCCC1. The molecular weight excluding hydrogens is 729 g/mol. The van der Waals surface area contributed by atoms with Crippen molar-refractivity contribution in [3.8, 4) is 0 Å². The molecule has 3 aliphatic carbocycles. The van der Waals surface area contributed by atoms with E-state index in [2.05, 4.69) is 17.6 Å². The number of aliphatic hydroxyl groups is 4. The molecule has 7 aliphatic rings. The minimum Gasteiger partial charge on any atom is -0.456 e. The molecule has 0 amide bonds. The van der Waals surface area contributed by atoms with Crippen LogP contribution in [-0.2, 0) is 23.8 Å². The van der Waals surface area contributed by atoms with E-state index in [4.69, 9.17) is 25.7 Å². The van der Waals surface area contributed by atoms with E-state index >= 15 is 0 Å². The van der Waals surface area contributed by atoms with Gasteiger partial charge in [-0.05, 0) is 139 Å². The number of allylic oxidation sites excluding steroid dienone is 1. The second kappa shape index (κ2) is 19.0. The summed E-state index contributed by atoms with van der Waals surface area (Å²) in [5.74, 6) is -2.17. The quantitative estimate of drug-likeness (QED) is 0.105. The molecule has 324 valence electrons. The van der Waals surface area contributed by atoms with Gasteiger partial charge >= 0.3 is 5.97 Å². The molecule has 0 radical (unpaired) electrons. The number of carbonyl (C=O) groups excluding carboxylic acids is 2. The molecule has 0 aromatic carbocycles. The summed E-state index contributed by atoms with van der Waals surface area (Å²) in [5, 5.41) is 52.1. The molecule has 17 atom stereocenters. The monoisotopic (exact) mass is 803 g/mol. The molecule has 57 heavy (non-hydrogen) atoms. The highest BCUT2D eigenvalue weighted by atomic mass is 16.6. The number of rotatable bonds is 12. The van der Waals surface area contributed by atoms with Crippen LogP contribution in [-0.4, -0.2) is 113 Å². The fraction of sp³-hybridized carbons (Fsp3) is 0.909. The Morgan fingerprint density at radius 2 is 1.75 bits per heavy atom. The number of nitrogens with two attached hydrogens (primary N) is 2. The largest absolute Gasteiger partial charge is 0.456 e. The Morgan fingerprint density at radius 1 is 0.965 bits per heavy atom. The van der Waals surface area contributed by atoms with Crippen molar-refractivity contribution in [3.05, 3.63) is 11.6 Å². The van der Waals surface area contributed by atoms with Crippen molar-refractivity contribution in [2.24, 2.45) is 64.7 Å². The number of aliphatic hydroxyl groups excluding tert-OH is 4. The van der Waals surface area contributed by atoms with Crippen LogP contribution in [0.25, 0.3) is 0 Å². The molecule has 0 bridgehead atoms. The number of hydrogen-bond acceptors (Lipinski definition) is 13. The van der Waals surface area contributed by atoms with Crippen LogP contribution in [0, 0.1) is 53.3 Å². The second-order valence-electron chi connectivity index (χ2n) is 19.4. The average Bonchev–Trinajstić information content (AvgIpc) is 3.73. The molecular formula is C44H74N4O9. The van der Waals surface area contributed by atoms with Gasteiger partial charge < -0.3 is 56.7 Å². The number of hydrogen-bond donors (Lipinski definition) is 8. The maximum Gasteiger partial charge on any atom is 0.334 e. The summed E-state index contributed by atoms with van der Waals surface area (Å²) in [5.41, 5.74) is 12.6. The van der Waals surface area contributed by atoms with E-state index in [1.807, 2.05) is 13.0 Å². The number of esters is 1. The average molecular weight is 803 g/mol. The molecule has 4 heterocycles. The third-order valence-corrected chi connectivity index (χ3v) is 15.9. The van der Waals surface area contributed by atoms with Crippen molar-refractivity contribution < 1.29 is 44.2 Å². The number of Topliss-reactive ketones (excluding diaryl/α,β-unsaturated/α-hetero) is 1. The van der Waals surface area contributed by atoms with E-state index in [0.29, 0.717) is 43.7 Å². The highest BCUT2D eigenvalue weighted by Crippen LogP contribution is 2.56. The van der Waals surface area contributed by atoms with Crippen molar-refractivity contribution in [3.63, 3.8) is 0 Å². The summed E-state index contributed by atoms with van der Waals surface area (Å²) >= 11 is 0. The van der Waals surface area contributed by atoms with E-state index in [1.54, 1.807) is 0 Å². The molecule has 0 aromatic rings. The van der Waals surface area contributed by atoms with Crippen LogP contribution >= 0.6 is 0 Å². The number of fused-ring (bicyclic) bond motifs is 2. The molecule has 4 saturated heterocycles.